The minimum absolute atomic E-state index is 0.0982. The third kappa shape index (κ3) is 1.95. The van der Waals surface area contributed by atoms with E-state index in [1.807, 2.05) is 30.3 Å². The molecule has 0 heterocycles. The van der Waals surface area contributed by atoms with Gasteiger partial charge in [-0.1, -0.05) is 43.3 Å². The van der Waals surface area contributed by atoms with Crippen LogP contribution in [-0.4, -0.2) is 14.2 Å². The molecule has 0 spiro atoms. The van der Waals surface area contributed by atoms with Gasteiger partial charge in [0.2, 0.25) is 0 Å². The zero-order chi connectivity index (χ0) is 11.6. The second kappa shape index (κ2) is 4.26. The molecule has 2 nitrogen and oxygen atoms in total. The van der Waals surface area contributed by atoms with Crippen molar-refractivity contribution in [1.82, 2.24) is 0 Å². The summed E-state index contributed by atoms with van der Waals surface area (Å²) >= 11 is 0. The van der Waals surface area contributed by atoms with Crippen LogP contribution in [0.3, 0.4) is 0 Å². The van der Waals surface area contributed by atoms with Gasteiger partial charge in [-0.15, -0.1) is 0 Å². The van der Waals surface area contributed by atoms with Crippen molar-refractivity contribution in [3.63, 3.8) is 0 Å². The molecule has 0 unspecified atom stereocenters. The predicted molar refractivity (Wildman–Crippen MR) is 66.0 cm³/mol. The van der Waals surface area contributed by atoms with Crippen molar-refractivity contribution in [3.05, 3.63) is 49.4 Å². The summed E-state index contributed by atoms with van der Waals surface area (Å²) in [5.41, 5.74) is 0. The van der Waals surface area contributed by atoms with Gasteiger partial charge in [0.15, 0.2) is 9.84 Å². The summed E-state index contributed by atoms with van der Waals surface area (Å²) in [4.78, 5) is 0.411. The van der Waals surface area contributed by atoms with E-state index in [0.717, 1.165) is 10.8 Å². The molecule has 0 atom stereocenters. The first-order valence-corrected chi connectivity index (χ1v) is 6.80. The fourth-order valence-corrected chi connectivity index (χ4v) is 3.17. The largest absolute Gasteiger partial charge is 0.224 e. The van der Waals surface area contributed by atoms with Crippen molar-refractivity contribution >= 4 is 20.6 Å². The van der Waals surface area contributed by atoms with Crippen LogP contribution in [0.2, 0.25) is 0 Å². The molecular weight excluding hydrogens is 220 g/mol. The van der Waals surface area contributed by atoms with E-state index in [9.17, 15) is 8.42 Å². The van der Waals surface area contributed by atoms with Gasteiger partial charge in [0.25, 0.3) is 0 Å². The molecule has 0 N–H and O–H groups in total. The summed E-state index contributed by atoms with van der Waals surface area (Å²) in [5.74, 6) is 0.0982. The van der Waals surface area contributed by atoms with E-state index in [2.05, 4.69) is 6.92 Å². The lowest BCUT2D eigenvalue weighted by atomic mass is 10.1. The Balaban J connectivity index is 2.70. The van der Waals surface area contributed by atoms with Gasteiger partial charge in [0.05, 0.1) is 10.6 Å². The highest BCUT2D eigenvalue weighted by molar-refractivity contribution is 7.91. The number of sulfone groups is 1. The highest BCUT2D eigenvalue weighted by atomic mass is 32.2. The van der Waals surface area contributed by atoms with Crippen molar-refractivity contribution in [2.75, 3.05) is 5.75 Å². The van der Waals surface area contributed by atoms with Crippen LogP contribution >= 0.6 is 0 Å². The van der Waals surface area contributed by atoms with E-state index in [4.69, 9.17) is 0 Å². The quantitative estimate of drug-likeness (QED) is 0.817. The maximum absolute atomic E-state index is 12.0. The SMILES string of the molecule is [CH2]CCS(=O)(=O)c1cccc2ccccc12. The van der Waals surface area contributed by atoms with Crippen LogP contribution < -0.4 is 0 Å². The van der Waals surface area contributed by atoms with E-state index >= 15 is 0 Å². The van der Waals surface area contributed by atoms with Gasteiger partial charge in [-0.25, -0.2) is 8.42 Å². The zero-order valence-corrected chi connectivity index (χ0v) is 9.70. The molecule has 0 fully saturated rings. The predicted octanol–water partition coefficient (Wildman–Crippen LogP) is 2.84. The molecule has 0 aliphatic rings. The molecule has 0 aliphatic heterocycles. The first kappa shape index (κ1) is 11.1. The molecule has 0 amide bonds. The van der Waals surface area contributed by atoms with E-state index in [0.29, 0.717) is 11.3 Å². The lowest BCUT2D eigenvalue weighted by Crippen LogP contribution is -2.06. The fourth-order valence-electron chi connectivity index (χ4n) is 1.77. The lowest BCUT2D eigenvalue weighted by molar-refractivity contribution is 0.596. The molecule has 0 aliphatic carbocycles. The number of hydrogen-bond donors (Lipinski definition) is 0. The Kier molecular flexibility index (Phi) is 2.97. The van der Waals surface area contributed by atoms with Gasteiger partial charge in [-0.05, 0) is 17.9 Å². The molecule has 2 rings (SSSR count). The molecule has 2 aromatic carbocycles. The molecule has 0 bridgehead atoms. The second-order valence-electron chi connectivity index (χ2n) is 3.65. The Labute approximate surface area is 95.8 Å². The summed E-state index contributed by atoms with van der Waals surface area (Å²) in [6.45, 7) is 3.60. The number of fused-ring (bicyclic) bond motifs is 1. The molecule has 2 aromatic rings. The lowest BCUT2D eigenvalue weighted by Gasteiger charge is -2.06. The third-order valence-corrected chi connectivity index (χ3v) is 4.35. The van der Waals surface area contributed by atoms with Gasteiger partial charge in [0.1, 0.15) is 0 Å². The summed E-state index contributed by atoms with van der Waals surface area (Å²) in [6, 6.07) is 12.9. The van der Waals surface area contributed by atoms with E-state index in [1.54, 1.807) is 12.1 Å². The zero-order valence-electron chi connectivity index (χ0n) is 8.89. The van der Waals surface area contributed by atoms with E-state index < -0.39 is 9.84 Å². The second-order valence-corrected chi connectivity index (χ2v) is 5.73. The Morgan fingerprint density at radius 1 is 1.00 bits per heavy atom. The first-order chi connectivity index (χ1) is 7.65. The van der Waals surface area contributed by atoms with Crippen LogP contribution in [0, 0.1) is 6.92 Å². The van der Waals surface area contributed by atoms with Crippen molar-refractivity contribution in [2.45, 2.75) is 11.3 Å². The van der Waals surface area contributed by atoms with Crippen molar-refractivity contribution < 1.29 is 8.42 Å². The van der Waals surface area contributed by atoms with E-state index in [1.165, 1.54) is 0 Å². The van der Waals surface area contributed by atoms with Crippen LogP contribution in [0.15, 0.2) is 47.4 Å². The Bertz CT molecular complexity index is 595. The molecule has 3 heteroatoms. The summed E-state index contributed by atoms with van der Waals surface area (Å²) < 4.78 is 24.0. The minimum Gasteiger partial charge on any atom is -0.224 e. The van der Waals surface area contributed by atoms with Crippen molar-refractivity contribution in [3.8, 4) is 0 Å². The molecule has 83 valence electrons. The van der Waals surface area contributed by atoms with Gasteiger partial charge >= 0.3 is 0 Å². The molecule has 0 aromatic heterocycles. The number of rotatable bonds is 3. The van der Waals surface area contributed by atoms with Crippen LogP contribution in [0.1, 0.15) is 6.42 Å². The van der Waals surface area contributed by atoms with Gasteiger partial charge < -0.3 is 0 Å². The van der Waals surface area contributed by atoms with Gasteiger partial charge in [-0.2, -0.15) is 0 Å². The first-order valence-electron chi connectivity index (χ1n) is 5.15. The maximum Gasteiger partial charge on any atom is 0.178 e. The normalized spacial score (nSPS) is 11.8. The fraction of sp³-hybridized carbons (Fsp3) is 0.154. The molecule has 0 saturated heterocycles. The molecule has 16 heavy (non-hydrogen) atoms. The standard InChI is InChI=1S/C13H13O2S/c1-2-10-16(14,15)13-9-5-7-11-6-3-4-8-12(11)13/h3-9H,1-2,10H2. The Morgan fingerprint density at radius 3 is 2.44 bits per heavy atom. The minimum atomic E-state index is -3.20. The highest BCUT2D eigenvalue weighted by Crippen LogP contribution is 2.23. The molecular formula is C13H13O2S. The molecule has 1 radical (unpaired) electrons. The van der Waals surface area contributed by atoms with Gasteiger partial charge in [-0.3, -0.25) is 0 Å². The topological polar surface area (TPSA) is 34.1 Å². The van der Waals surface area contributed by atoms with Crippen LogP contribution in [0.25, 0.3) is 10.8 Å². The third-order valence-electron chi connectivity index (χ3n) is 2.50. The number of hydrogen-bond acceptors (Lipinski definition) is 2. The summed E-state index contributed by atoms with van der Waals surface area (Å²) in [5, 5.41) is 1.74. The van der Waals surface area contributed by atoms with Crippen molar-refractivity contribution in [2.24, 2.45) is 0 Å². The Morgan fingerprint density at radius 2 is 1.69 bits per heavy atom. The summed E-state index contributed by atoms with van der Waals surface area (Å²) in [7, 11) is -3.20. The number of benzene rings is 2. The molecule has 0 saturated carbocycles. The van der Waals surface area contributed by atoms with Crippen LogP contribution in [0.4, 0.5) is 0 Å². The van der Waals surface area contributed by atoms with Crippen LogP contribution in [-0.2, 0) is 9.84 Å². The maximum atomic E-state index is 12.0. The van der Waals surface area contributed by atoms with Crippen LogP contribution in [0.5, 0.6) is 0 Å². The Hall–Kier alpha value is -1.35. The average molecular weight is 233 g/mol. The summed E-state index contributed by atoms with van der Waals surface area (Å²) in [6.07, 6.45) is 0.394. The van der Waals surface area contributed by atoms with Crippen molar-refractivity contribution in [1.29, 1.82) is 0 Å². The average Bonchev–Trinajstić information content (AvgIpc) is 2.28. The van der Waals surface area contributed by atoms with Gasteiger partial charge in [0, 0.05) is 5.39 Å². The van der Waals surface area contributed by atoms with E-state index in [-0.39, 0.29) is 5.75 Å². The monoisotopic (exact) mass is 233 g/mol. The highest BCUT2D eigenvalue weighted by Gasteiger charge is 2.15. The smallest absolute Gasteiger partial charge is 0.178 e.